The second kappa shape index (κ2) is 6.33. The van der Waals surface area contributed by atoms with Crippen LogP contribution in [-0.4, -0.2) is 7.05 Å². The molecular formula is C19H25NS. The van der Waals surface area contributed by atoms with Crippen LogP contribution in [0.3, 0.4) is 0 Å². The van der Waals surface area contributed by atoms with Crippen molar-refractivity contribution in [1.82, 2.24) is 5.32 Å². The summed E-state index contributed by atoms with van der Waals surface area (Å²) in [6.07, 6.45) is 5.06. The first-order valence-corrected chi connectivity index (χ1v) is 8.86. The molecule has 1 aromatic heterocycles. The van der Waals surface area contributed by atoms with Gasteiger partial charge in [0, 0.05) is 9.75 Å². The monoisotopic (exact) mass is 299 g/mol. The van der Waals surface area contributed by atoms with Crippen LogP contribution in [-0.2, 0) is 19.3 Å². The summed E-state index contributed by atoms with van der Waals surface area (Å²) in [4.78, 5) is 3.08. The van der Waals surface area contributed by atoms with Crippen LogP contribution in [0.25, 0.3) is 0 Å². The minimum absolute atomic E-state index is 0.341. The minimum atomic E-state index is 0.341. The van der Waals surface area contributed by atoms with Crippen molar-refractivity contribution in [1.29, 1.82) is 0 Å². The van der Waals surface area contributed by atoms with Gasteiger partial charge in [-0.3, -0.25) is 0 Å². The van der Waals surface area contributed by atoms with Gasteiger partial charge in [0.15, 0.2) is 0 Å². The highest BCUT2D eigenvalue weighted by Gasteiger charge is 2.20. The standard InChI is InChI=1S/C19H25NS/c1-13(2)11-14-7-9-15(10-8-14)19(20-3)18-12-16-5-4-6-17(16)21-18/h7-10,12-13,19-20H,4-6,11H2,1-3H3. The fraction of sp³-hybridized carbons (Fsp3) is 0.474. The van der Waals surface area contributed by atoms with Crippen LogP contribution in [0.4, 0.5) is 0 Å². The van der Waals surface area contributed by atoms with Crippen molar-refractivity contribution in [3.63, 3.8) is 0 Å². The summed E-state index contributed by atoms with van der Waals surface area (Å²) in [7, 11) is 2.07. The highest BCUT2D eigenvalue weighted by Crippen LogP contribution is 2.36. The van der Waals surface area contributed by atoms with Gasteiger partial charge in [-0.25, -0.2) is 0 Å². The van der Waals surface area contributed by atoms with Crippen LogP contribution >= 0.6 is 11.3 Å². The first kappa shape index (κ1) is 14.8. The van der Waals surface area contributed by atoms with Crippen LogP contribution < -0.4 is 5.32 Å². The molecule has 2 heteroatoms. The maximum absolute atomic E-state index is 3.49. The van der Waals surface area contributed by atoms with Gasteiger partial charge in [-0.1, -0.05) is 38.1 Å². The average molecular weight is 299 g/mol. The zero-order valence-corrected chi connectivity index (χ0v) is 14.1. The van der Waals surface area contributed by atoms with Gasteiger partial charge in [0.2, 0.25) is 0 Å². The Balaban J connectivity index is 1.82. The average Bonchev–Trinajstić information content (AvgIpc) is 3.02. The second-order valence-corrected chi connectivity index (χ2v) is 7.68. The molecule has 1 unspecified atom stereocenters. The molecule has 1 heterocycles. The molecule has 0 spiro atoms. The normalized spacial score (nSPS) is 15.4. The summed E-state index contributed by atoms with van der Waals surface area (Å²) in [5.41, 5.74) is 4.41. The number of fused-ring (bicyclic) bond motifs is 1. The van der Waals surface area contributed by atoms with E-state index in [0.717, 1.165) is 12.3 Å². The molecule has 0 saturated carbocycles. The van der Waals surface area contributed by atoms with Crippen molar-refractivity contribution in [3.8, 4) is 0 Å². The van der Waals surface area contributed by atoms with Gasteiger partial charge in [0.1, 0.15) is 0 Å². The Kier molecular flexibility index (Phi) is 4.46. The van der Waals surface area contributed by atoms with E-state index in [1.54, 1.807) is 10.4 Å². The SMILES string of the molecule is CNC(c1ccc(CC(C)C)cc1)c1cc2c(s1)CCC2. The number of thiophene rings is 1. The molecule has 1 N–H and O–H groups in total. The predicted octanol–water partition coefficient (Wildman–Crippen LogP) is 4.74. The van der Waals surface area contributed by atoms with E-state index in [-0.39, 0.29) is 0 Å². The van der Waals surface area contributed by atoms with E-state index in [4.69, 9.17) is 0 Å². The third-order valence-electron chi connectivity index (χ3n) is 4.30. The molecule has 0 radical (unpaired) electrons. The maximum Gasteiger partial charge on any atom is 0.0668 e. The molecule has 0 amide bonds. The van der Waals surface area contributed by atoms with Gasteiger partial charge < -0.3 is 5.32 Å². The van der Waals surface area contributed by atoms with Gasteiger partial charge in [-0.2, -0.15) is 0 Å². The number of aryl methyl sites for hydroxylation is 2. The Bertz CT molecular complexity index is 573. The van der Waals surface area contributed by atoms with E-state index < -0.39 is 0 Å². The van der Waals surface area contributed by atoms with E-state index >= 15 is 0 Å². The van der Waals surface area contributed by atoms with Crippen molar-refractivity contribution in [2.75, 3.05) is 7.05 Å². The van der Waals surface area contributed by atoms with Crippen molar-refractivity contribution >= 4 is 11.3 Å². The minimum Gasteiger partial charge on any atom is -0.309 e. The Labute approximate surface area is 132 Å². The summed E-state index contributed by atoms with van der Waals surface area (Å²) >= 11 is 2.00. The number of nitrogens with one attached hydrogen (secondary N) is 1. The van der Waals surface area contributed by atoms with Gasteiger partial charge in [0.05, 0.1) is 6.04 Å². The lowest BCUT2D eigenvalue weighted by Gasteiger charge is -2.16. The Hall–Kier alpha value is -1.12. The topological polar surface area (TPSA) is 12.0 Å². The van der Waals surface area contributed by atoms with Crippen LogP contribution in [0, 0.1) is 5.92 Å². The smallest absolute Gasteiger partial charge is 0.0668 e. The van der Waals surface area contributed by atoms with E-state index in [0.29, 0.717) is 6.04 Å². The van der Waals surface area contributed by atoms with Crippen molar-refractivity contribution < 1.29 is 0 Å². The van der Waals surface area contributed by atoms with Crippen LogP contribution in [0.1, 0.15) is 52.8 Å². The molecule has 1 aliphatic carbocycles. The molecule has 21 heavy (non-hydrogen) atoms. The number of hydrogen-bond donors (Lipinski definition) is 1. The highest BCUT2D eigenvalue weighted by molar-refractivity contribution is 7.12. The molecule has 3 rings (SSSR count). The van der Waals surface area contributed by atoms with E-state index in [9.17, 15) is 0 Å². The molecular weight excluding hydrogens is 274 g/mol. The van der Waals surface area contributed by atoms with Gasteiger partial charge in [0.25, 0.3) is 0 Å². The van der Waals surface area contributed by atoms with Crippen molar-refractivity contribution in [2.45, 2.75) is 45.6 Å². The quantitative estimate of drug-likeness (QED) is 0.840. The molecule has 0 aliphatic heterocycles. The number of rotatable bonds is 5. The third kappa shape index (κ3) is 3.22. The summed E-state index contributed by atoms with van der Waals surface area (Å²) in [5, 5.41) is 3.49. The zero-order valence-electron chi connectivity index (χ0n) is 13.3. The molecule has 1 aromatic carbocycles. The molecule has 0 fully saturated rings. The predicted molar refractivity (Wildman–Crippen MR) is 92.2 cm³/mol. The molecule has 1 atom stereocenters. The Morgan fingerprint density at radius 1 is 1.14 bits per heavy atom. The van der Waals surface area contributed by atoms with Gasteiger partial charge in [-0.05, 0) is 61.4 Å². The summed E-state index contributed by atoms with van der Waals surface area (Å²) in [5.74, 6) is 0.719. The first-order chi connectivity index (χ1) is 10.2. The molecule has 1 nitrogen and oxygen atoms in total. The van der Waals surface area contributed by atoms with Crippen molar-refractivity contribution in [3.05, 3.63) is 56.8 Å². The van der Waals surface area contributed by atoms with Crippen LogP contribution in [0.2, 0.25) is 0 Å². The molecule has 2 aromatic rings. The van der Waals surface area contributed by atoms with E-state index in [1.165, 1.54) is 35.3 Å². The van der Waals surface area contributed by atoms with E-state index in [1.807, 2.05) is 11.3 Å². The van der Waals surface area contributed by atoms with Crippen LogP contribution in [0.15, 0.2) is 30.3 Å². The third-order valence-corrected chi connectivity index (χ3v) is 5.60. The first-order valence-electron chi connectivity index (χ1n) is 8.05. The lowest BCUT2D eigenvalue weighted by molar-refractivity contribution is 0.646. The van der Waals surface area contributed by atoms with Gasteiger partial charge in [-0.15, -0.1) is 11.3 Å². The maximum atomic E-state index is 3.49. The molecule has 1 aliphatic rings. The lowest BCUT2D eigenvalue weighted by Crippen LogP contribution is -2.16. The summed E-state index contributed by atoms with van der Waals surface area (Å²) in [6, 6.07) is 11.9. The van der Waals surface area contributed by atoms with E-state index in [2.05, 4.69) is 56.5 Å². The Morgan fingerprint density at radius 3 is 2.52 bits per heavy atom. The molecule has 0 saturated heterocycles. The second-order valence-electron chi connectivity index (χ2n) is 6.51. The summed E-state index contributed by atoms with van der Waals surface area (Å²) in [6.45, 7) is 4.55. The highest BCUT2D eigenvalue weighted by atomic mass is 32.1. The zero-order chi connectivity index (χ0) is 14.8. The van der Waals surface area contributed by atoms with Gasteiger partial charge >= 0.3 is 0 Å². The van der Waals surface area contributed by atoms with Crippen LogP contribution in [0.5, 0.6) is 0 Å². The Morgan fingerprint density at radius 2 is 1.90 bits per heavy atom. The fourth-order valence-corrected chi connectivity index (χ4v) is 4.68. The molecule has 112 valence electrons. The summed E-state index contributed by atoms with van der Waals surface area (Å²) < 4.78 is 0. The fourth-order valence-electron chi connectivity index (χ4n) is 3.29. The lowest BCUT2D eigenvalue weighted by atomic mass is 9.98. The number of hydrogen-bond acceptors (Lipinski definition) is 2. The largest absolute Gasteiger partial charge is 0.309 e. The molecule has 0 bridgehead atoms. The van der Waals surface area contributed by atoms with Crippen molar-refractivity contribution in [2.24, 2.45) is 5.92 Å². The number of benzene rings is 1.